The molecule has 0 aliphatic heterocycles. The number of fused-ring (bicyclic) bond motifs is 6. The van der Waals surface area contributed by atoms with Gasteiger partial charge < -0.3 is 9.13 Å². The van der Waals surface area contributed by atoms with Crippen LogP contribution in [0.15, 0.2) is 279 Å². The Hall–Kier alpha value is -8.76. The molecule has 0 N–H and O–H groups in total. The average molecular weight is 914 g/mol. The Kier molecular flexibility index (Phi) is 6.20. The SMILES string of the molecule is [2H]c1c([2H])c([2H])c(-c2c([2H])c([2H])c([Si](c3c([2H])c([2H])c([2H])c([2H])c3[2H])(c3c([2H])c([2H])c([2H])c([2H])c3[2H])c3cccc4c3c3ccccc3n4-c3ccc4c(c3)c3ccccc3n4-c3cccc(-c4cccc(-c5ccccc5)c4)c3)c([2H])c2[2H])c([2H])c1[2H]. The van der Waals surface area contributed by atoms with E-state index in [1.54, 1.807) is 30.3 Å². The molecule has 69 heavy (non-hydrogen) atoms. The quantitative estimate of drug-likeness (QED) is 0.101. The largest absolute Gasteiger partial charge is 0.309 e. The third-order valence-corrected chi connectivity index (χ3v) is 17.1. The summed E-state index contributed by atoms with van der Waals surface area (Å²) in [6.45, 7) is 0. The molecule has 11 aromatic carbocycles. The Morgan fingerprint density at radius 1 is 0.290 bits per heavy atom. The van der Waals surface area contributed by atoms with Crippen molar-refractivity contribution in [2.45, 2.75) is 0 Å². The molecule has 2 aromatic heterocycles. The second-order valence-corrected chi connectivity index (χ2v) is 20.1. The predicted octanol–water partition coefficient (Wildman–Crippen LogP) is 14.3. The first kappa shape index (κ1) is 25.4. The van der Waals surface area contributed by atoms with Crippen molar-refractivity contribution in [2.24, 2.45) is 0 Å². The van der Waals surface area contributed by atoms with Gasteiger partial charge in [0, 0.05) is 32.9 Å². The summed E-state index contributed by atoms with van der Waals surface area (Å²) in [4.78, 5) is 0. The molecule has 0 unspecified atom stereocenters. The van der Waals surface area contributed by atoms with E-state index in [4.69, 9.17) is 9.60 Å². The number of benzene rings is 11. The van der Waals surface area contributed by atoms with Gasteiger partial charge in [0.2, 0.25) is 0 Å². The molecule has 2 heterocycles. The lowest BCUT2D eigenvalue weighted by Crippen LogP contribution is -2.74. The third-order valence-electron chi connectivity index (χ3n) is 12.9. The molecule has 0 radical (unpaired) electrons. The highest BCUT2D eigenvalue weighted by atomic mass is 28.3. The van der Waals surface area contributed by atoms with Crippen LogP contribution in [0.25, 0.3) is 88.4 Å². The van der Waals surface area contributed by atoms with E-state index in [1.807, 2.05) is 77.4 Å². The monoisotopic (exact) mass is 913 g/mol. The highest BCUT2D eigenvalue weighted by molar-refractivity contribution is 7.20. The summed E-state index contributed by atoms with van der Waals surface area (Å²) in [5, 5.41) is 0.442. The van der Waals surface area contributed by atoms with Crippen molar-refractivity contribution < 1.29 is 26.0 Å². The minimum absolute atomic E-state index is 0.0414. The summed E-state index contributed by atoms with van der Waals surface area (Å²) in [6, 6.07) is 35.9. The van der Waals surface area contributed by atoms with Crippen molar-refractivity contribution in [3.8, 4) is 44.8 Å². The van der Waals surface area contributed by atoms with Crippen LogP contribution in [0.4, 0.5) is 0 Å². The van der Waals surface area contributed by atoms with Gasteiger partial charge in [-0.15, -0.1) is 0 Å². The molecule has 3 heteroatoms. The number of rotatable bonds is 9. The van der Waals surface area contributed by atoms with Crippen molar-refractivity contribution in [3.63, 3.8) is 0 Å². The molecular weight excluding hydrogens is 849 g/mol. The van der Waals surface area contributed by atoms with Gasteiger partial charge in [0.25, 0.3) is 0 Å². The van der Waals surface area contributed by atoms with Gasteiger partial charge in [0.1, 0.15) is 0 Å². The van der Waals surface area contributed by atoms with Crippen molar-refractivity contribution in [3.05, 3.63) is 279 Å². The van der Waals surface area contributed by atoms with E-state index in [1.165, 1.54) is 6.07 Å². The molecular formula is C66H46N2Si. The van der Waals surface area contributed by atoms with Gasteiger partial charge in [0.15, 0.2) is 8.07 Å². The lowest BCUT2D eigenvalue weighted by Gasteiger charge is -2.35. The first-order chi connectivity index (χ1) is 42.1. The highest BCUT2D eigenvalue weighted by Crippen LogP contribution is 2.38. The molecule has 13 rings (SSSR count). The van der Waals surface area contributed by atoms with E-state index in [0.717, 1.165) is 49.7 Å². The second kappa shape index (κ2) is 16.8. The first-order valence-electron chi connectivity index (χ1n) is 31.8. The van der Waals surface area contributed by atoms with Crippen molar-refractivity contribution in [1.82, 2.24) is 9.13 Å². The van der Waals surface area contributed by atoms with E-state index >= 15 is 0 Å². The minimum Gasteiger partial charge on any atom is -0.309 e. The summed E-state index contributed by atoms with van der Waals surface area (Å²) >= 11 is 0. The smallest absolute Gasteiger partial charge is 0.180 e. The molecule has 324 valence electrons. The van der Waals surface area contributed by atoms with Crippen LogP contribution >= 0.6 is 0 Å². The topological polar surface area (TPSA) is 9.86 Å². The standard InChI is InChI=1S/C66H46N2Si/c1-5-20-47(21-6-1)49-38-41-57(42-39-49)69(55-28-9-3-10-29-55,56-30-11-4-12-31-56)65-37-19-36-64-66(65)59-33-14-16-35-62(59)68(64)54-40-43-63-60(46-54)58-32-13-15-34-61(58)67(63)53-27-18-26-52(45-53)51-25-17-24-50(44-51)48-22-7-2-8-23-48/h1-46H/i1D,3D,4D,5D,6D,9D,10D,11D,12D,20D,21D,28D,29D,30D,31D,38D,39D,41D,42D. The maximum atomic E-state index is 10.2. The van der Waals surface area contributed by atoms with Gasteiger partial charge in [-0.1, -0.05) is 224 Å². The molecule has 0 spiro atoms. The fourth-order valence-corrected chi connectivity index (χ4v) is 14.0. The molecule has 0 saturated carbocycles. The van der Waals surface area contributed by atoms with Crippen LogP contribution in [0.1, 0.15) is 26.0 Å². The van der Waals surface area contributed by atoms with Crippen LogP contribution in [0.3, 0.4) is 0 Å². The van der Waals surface area contributed by atoms with Gasteiger partial charge in [0.05, 0.1) is 48.1 Å². The van der Waals surface area contributed by atoms with Crippen LogP contribution in [0, 0.1) is 0 Å². The van der Waals surface area contributed by atoms with Crippen molar-refractivity contribution in [2.75, 3.05) is 0 Å². The lowest BCUT2D eigenvalue weighted by molar-refractivity contribution is 1.17. The number of aromatic nitrogens is 2. The molecule has 0 amide bonds. The Morgan fingerprint density at radius 2 is 0.768 bits per heavy atom. The summed E-state index contributed by atoms with van der Waals surface area (Å²) in [7, 11) is -5.74. The predicted molar refractivity (Wildman–Crippen MR) is 295 cm³/mol. The van der Waals surface area contributed by atoms with Crippen LogP contribution in [-0.4, -0.2) is 17.2 Å². The average Bonchev–Trinajstić information content (AvgIpc) is 0.955. The summed E-state index contributed by atoms with van der Waals surface area (Å²) < 4.78 is 181. The fraction of sp³-hybridized carbons (Fsp3) is 0. The zero-order chi connectivity index (χ0) is 62.3. The Bertz CT molecular complexity index is 4990. The number of hydrogen-bond acceptors (Lipinski definition) is 0. The van der Waals surface area contributed by atoms with E-state index < -0.39 is 150 Å². The van der Waals surface area contributed by atoms with Gasteiger partial charge >= 0.3 is 0 Å². The molecule has 13 aromatic rings. The van der Waals surface area contributed by atoms with Crippen LogP contribution < -0.4 is 20.7 Å². The van der Waals surface area contributed by atoms with E-state index in [2.05, 4.69) is 59.2 Å². The minimum atomic E-state index is -5.74. The van der Waals surface area contributed by atoms with Crippen LogP contribution in [0.2, 0.25) is 0 Å². The summed E-state index contributed by atoms with van der Waals surface area (Å²) in [5.74, 6) is 0. The first-order valence-corrected chi connectivity index (χ1v) is 24.3. The zero-order valence-corrected chi connectivity index (χ0v) is 37.5. The number of nitrogens with zero attached hydrogens (tertiary/aromatic N) is 2. The normalized spacial score (nSPS) is 15.6. The van der Waals surface area contributed by atoms with Gasteiger partial charge in [-0.05, 0) is 109 Å². The Labute approximate surface area is 430 Å². The molecule has 0 aliphatic rings. The van der Waals surface area contributed by atoms with Crippen molar-refractivity contribution in [1.29, 1.82) is 0 Å². The van der Waals surface area contributed by atoms with E-state index in [0.29, 0.717) is 22.1 Å². The number of para-hydroxylation sites is 2. The maximum Gasteiger partial charge on any atom is 0.180 e. The Morgan fingerprint density at radius 3 is 1.48 bits per heavy atom. The van der Waals surface area contributed by atoms with E-state index in [9.17, 15) is 16.4 Å². The third kappa shape index (κ3) is 6.70. The van der Waals surface area contributed by atoms with Gasteiger partial charge in [-0.3, -0.25) is 0 Å². The molecule has 0 aliphatic carbocycles. The molecule has 0 atom stereocenters. The second-order valence-electron chi connectivity index (χ2n) is 16.6. The molecule has 0 saturated heterocycles. The summed E-state index contributed by atoms with van der Waals surface area (Å²) in [5.41, 5.74) is 7.06. The highest BCUT2D eigenvalue weighted by Gasteiger charge is 2.43. The van der Waals surface area contributed by atoms with Crippen LogP contribution in [0.5, 0.6) is 0 Å². The molecule has 2 nitrogen and oxygen atoms in total. The summed E-state index contributed by atoms with van der Waals surface area (Å²) in [6.07, 6.45) is 0. The maximum absolute atomic E-state index is 10.2. The van der Waals surface area contributed by atoms with Crippen LogP contribution in [-0.2, 0) is 0 Å². The zero-order valence-electron chi connectivity index (χ0n) is 55.5. The number of hydrogen-bond donors (Lipinski definition) is 0. The fourth-order valence-electron chi connectivity index (χ4n) is 9.98. The Balaban J connectivity index is 1.14. The van der Waals surface area contributed by atoms with Crippen molar-refractivity contribution >= 4 is 72.4 Å². The molecule has 0 fully saturated rings. The van der Waals surface area contributed by atoms with Gasteiger partial charge in [-0.25, -0.2) is 0 Å². The van der Waals surface area contributed by atoms with Gasteiger partial charge in [-0.2, -0.15) is 0 Å². The van der Waals surface area contributed by atoms with E-state index in [-0.39, 0.29) is 10.6 Å². The molecule has 0 bridgehead atoms. The lowest BCUT2D eigenvalue weighted by atomic mass is 9.99.